The van der Waals surface area contributed by atoms with E-state index in [-0.39, 0.29) is 5.91 Å². The summed E-state index contributed by atoms with van der Waals surface area (Å²) in [5, 5.41) is 9.94. The molecule has 4 aromatic rings. The summed E-state index contributed by atoms with van der Waals surface area (Å²) in [5.74, 6) is 1.81. The summed E-state index contributed by atoms with van der Waals surface area (Å²) in [6, 6.07) is 17.7. The highest BCUT2D eigenvalue weighted by molar-refractivity contribution is 5.97. The van der Waals surface area contributed by atoms with E-state index in [4.69, 9.17) is 9.15 Å². The van der Waals surface area contributed by atoms with Crippen LogP contribution >= 0.6 is 0 Å². The van der Waals surface area contributed by atoms with Crippen LogP contribution in [0, 0.1) is 17.2 Å². The predicted molar refractivity (Wildman–Crippen MR) is 156 cm³/mol. The van der Waals surface area contributed by atoms with Gasteiger partial charge in [0, 0.05) is 62.7 Å². The normalized spacial score (nSPS) is 17.8. The van der Waals surface area contributed by atoms with Crippen LogP contribution < -0.4 is 9.64 Å². The number of amides is 1. The van der Waals surface area contributed by atoms with Crippen LogP contribution in [-0.4, -0.2) is 74.1 Å². The Labute approximate surface area is 234 Å². The van der Waals surface area contributed by atoms with E-state index in [9.17, 15) is 10.1 Å². The zero-order valence-corrected chi connectivity index (χ0v) is 23.2. The molecule has 0 unspecified atom stereocenters. The molecule has 6 rings (SSSR count). The number of piperazine rings is 1. The Morgan fingerprint density at radius 1 is 1.05 bits per heavy atom. The number of benzene rings is 2. The summed E-state index contributed by atoms with van der Waals surface area (Å²) < 4.78 is 12.1. The monoisotopic (exact) mass is 535 g/mol. The van der Waals surface area contributed by atoms with Gasteiger partial charge in [0.25, 0.3) is 5.91 Å². The number of nitriles is 1. The number of anilines is 1. The van der Waals surface area contributed by atoms with Crippen molar-refractivity contribution in [2.45, 2.75) is 13.3 Å². The van der Waals surface area contributed by atoms with Gasteiger partial charge in [-0.15, -0.1) is 0 Å². The average molecular weight is 536 g/mol. The van der Waals surface area contributed by atoms with Crippen molar-refractivity contribution < 1.29 is 13.9 Å². The number of rotatable bonds is 5. The Morgan fingerprint density at radius 3 is 2.60 bits per heavy atom. The third kappa shape index (κ3) is 4.78. The molecule has 2 aliphatic rings. The predicted octanol–water partition coefficient (Wildman–Crippen LogP) is 5.28. The molecule has 0 spiro atoms. The Balaban J connectivity index is 1.33. The summed E-state index contributed by atoms with van der Waals surface area (Å²) in [5.41, 5.74) is 6.11. The number of aromatic nitrogens is 1. The molecule has 8 nitrogen and oxygen atoms in total. The molecule has 0 saturated carbocycles. The van der Waals surface area contributed by atoms with Crippen molar-refractivity contribution in [2.75, 3.05) is 58.3 Å². The molecule has 1 atom stereocenters. The number of carbonyl (C=O) groups excluding carboxylic acids is 1. The Hall–Kier alpha value is -4.35. The van der Waals surface area contributed by atoms with Crippen LogP contribution in [0.25, 0.3) is 33.6 Å². The first-order valence-corrected chi connectivity index (χ1v) is 13.8. The van der Waals surface area contributed by atoms with Gasteiger partial charge in [-0.25, -0.2) is 0 Å². The fourth-order valence-electron chi connectivity index (χ4n) is 5.74. The van der Waals surface area contributed by atoms with Crippen LogP contribution in [0.5, 0.6) is 5.75 Å². The molecule has 0 aliphatic carbocycles. The molecule has 2 aromatic carbocycles. The number of carbonyl (C=O) groups is 1. The summed E-state index contributed by atoms with van der Waals surface area (Å²) in [7, 11) is 3.67. The van der Waals surface area contributed by atoms with Crippen molar-refractivity contribution in [1.82, 2.24) is 14.8 Å². The molecular formula is C32H33N5O3. The van der Waals surface area contributed by atoms with E-state index < -0.39 is 0 Å². The van der Waals surface area contributed by atoms with Gasteiger partial charge in [-0.3, -0.25) is 9.78 Å². The van der Waals surface area contributed by atoms with Gasteiger partial charge in [0.1, 0.15) is 23.1 Å². The maximum absolute atomic E-state index is 13.1. The maximum Gasteiger partial charge on any atom is 0.254 e. The lowest BCUT2D eigenvalue weighted by Gasteiger charge is -2.32. The van der Waals surface area contributed by atoms with E-state index in [0.717, 1.165) is 55.0 Å². The molecule has 2 saturated heterocycles. The van der Waals surface area contributed by atoms with Gasteiger partial charge < -0.3 is 23.9 Å². The van der Waals surface area contributed by atoms with Crippen LogP contribution in [0.15, 0.2) is 59.1 Å². The van der Waals surface area contributed by atoms with Crippen LogP contribution in [0.1, 0.15) is 29.3 Å². The van der Waals surface area contributed by atoms with E-state index in [1.807, 2.05) is 41.3 Å². The number of pyridine rings is 1. The average Bonchev–Trinajstić information content (AvgIpc) is 3.62. The Bertz CT molecular complexity index is 1610. The van der Waals surface area contributed by atoms with Crippen molar-refractivity contribution >= 4 is 22.7 Å². The lowest BCUT2D eigenvalue weighted by molar-refractivity contribution is 0.0663. The highest BCUT2D eigenvalue weighted by Gasteiger charge is 2.24. The Morgan fingerprint density at radius 2 is 1.88 bits per heavy atom. The first kappa shape index (κ1) is 25.9. The third-order valence-electron chi connectivity index (χ3n) is 8.11. The van der Waals surface area contributed by atoms with E-state index in [1.54, 1.807) is 19.4 Å². The summed E-state index contributed by atoms with van der Waals surface area (Å²) >= 11 is 0. The van der Waals surface area contributed by atoms with Gasteiger partial charge in [-0.1, -0.05) is 13.0 Å². The highest BCUT2D eigenvalue weighted by Crippen LogP contribution is 2.39. The van der Waals surface area contributed by atoms with Gasteiger partial charge in [-0.2, -0.15) is 5.26 Å². The molecule has 2 aliphatic heterocycles. The minimum atomic E-state index is 0.00615. The highest BCUT2D eigenvalue weighted by atomic mass is 16.5. The Kier molecular flexibility index (Phi) is 6.91. The fourth-order valence-corrected chi connectivity index (χ4v) is 5.74. The number of furan rings is 1. The minimum Gasteiger partial charge on any atom is -0.496 e. The molecule has 40 heavy (non-hydrogen) atoms. The van der Waals surface area contributed by atoms with E-state index in [2.05, 4.69) is 40.9 Å². The number of ether oxygens (including phenoxy) is 1. The SMILES string of the molecule is COc1cc(C(=O)N2CCN(C)CC2)ccc1-c1cc2nccc(-c3ccc(N4CC[C@H](C)C4)c(C#N)c3)c2o1. The number of likely N-dealkylation sites (N-methyl/N-ethyl adjacent to an activating group) is 1. The fraction of sp³-hybridized carbons (Fsp3) is 0.344. The summed E-state index contributed by atoms with van der Waals surface area (Å²) in [4.78, 5) is 24.1. The smallest absolute Gasteiger partial charge is 0.254 e. The lowest BCUT2D eigenvalue weighted by Crippen LogP contribution is -2.47. The maximum atomic E-state index is 13.1. The molecule has 0 N–H and O–H groups in total. The van der Waals surface area contributed by atoms with Crippen LogP contribution in [0.3, 0.4) is 0 Å². The largest absolute Gasteiger partial charge is 0.496 e. The molecule has 1 amide bonds. The number of methoxy groups -OCH3 is 1. The van der Waals surface area contributed by atoms with Gasteiger partial charge >= 0.3 is 0 Å². The van der Waals surface area contributed by atoms with Crippen molar-refractivity contribution in [3.8, 4) is 34.3 Å². The molecule has 8 heteroatoms. The van der Waals surface area contributed by atoms with Crippen molar-refractivity contribution in [1.29, 1.82) is 5.26 Å². The molecule has 2 aromatic heterocycles. The van der Waals surface area contributed by atoms with Crippen LogP contribution in [0.4, 0.5) is 5.69 Å². The van der Waals surface area contributed by atoms with Crippen LogP contribution in [-0.2, 0) is 0 Å². The number of hydrogen-bond acceptors (Lipinski definition) is 7. The topological polar surface area (TPSA) is 85.8 Å². The van der Waals surface area contributed by atoms with Gasteiger partial charge in [0.2, 0.25) is 0 Å². The summed E-state index contributed by atoms with van der Waals surface area (Å²) in [6.45, 7) is 7.34. The van der Waals surface area contributed by atoms with Gasteiger partial charge in [0.15, 0.2) is 5.58 Å². The number of fused-ring (bicyclic) bond motifs is 1. The van der Waals surface area contributed by atoms with Crippen molar-refractivity contribution in [2.24, 2.45) is 5.92 Å². The molecular weight excluding hydrogens is 502 g/mol. The lowest BCUT2D eigenvalue weighted by atomic mass is 10.0. The second kappa shape index (κ2) is 10.7. The molecule has 204 valence electrons. The van der Waals surface area contributed by atoms with E-state index in [1.165, 1.54) is 0 Å². The second-order valence-corrected chi connectivity index (χ2v) is 10.9. The molecule has 4 heterocycles. The van der Waals surface area contributed by atoms with Crippen molar-refractivity contribution in [3.05, 3.63) is 65.9 Å². The summed E-state index contributed by atoms with van der Waals surface area (Å²) in [6.07, 6.45) is 2.90. The van der Waals surface area contributed by atoms with E-state index in [0.29, 0.717) is 52.7 Å². The molecule has 0 radical (unpaired) electrons. The zero-order valence-electron chi connectivity index (χ0n) is 23.2. The van der Waals surface area contributed by atoms with E-state index >= 15 is 0 Å². The number of hydrogen-bond donors (Lipinski definition) is 0. The minimum absolute atomic E-state index is 0.00615. The van der Waals surface area contributed by atoms with Gasteiger partial charge in [-0.05, 0) is 61.3 Å². The first-order chi connectivity index (χ1) is 19.4. The van der Waals surface area contributed by atoms with Gasteiger partial charge in [0.05, 0.1) is 23.9 Å². The third-order valence-corrected chi connectivity index (χ3v) is 8.11. The van der Waals surface area contributed by atoms with Crippen LogP contribution in [0.2, 0.25) is 0 Å². The molecule has 0 bridgehead atoms. The molecule has 2 fully saturated rings. The zero-order chi connectivity index (χ0) is 27.8. The first-order valence-electron chi connectivity index (χ1n) is 13.8. The quantitative estimate of drug-likeness (QED) is 0.344. The van der Waals surface area contributed by atoms with Crippen molar-refractivity contribution in [3.63, 3.8) is 0 Å². The number of nitrogens with zero attached hydrogens (tertiary/aromatic N) is 5. The second-order valence-electron chi connectivity index (χ2n) is 10.9. The standard InChI is InChI=1S/C32H33N5O3/c1-21-9-11-37(20-21)28-7-5-22(16-24(28)19-33)25-8-10-34-27-18-30(40-31(25)27)26-6-4-23(17-29(26)39-3)32(38)36-14-12-35(2)13-15-36/h4-8,10,16-18,21H,9,11-15,20H2,1-3H3/t21-/m0/s1.